The highest BCUT2D eigenvalue weighted by Crippen LogP contribution is 2.67. The van der Waals surface area contributed by atoms with Crippen LogP contribution in [-0.2, 0) is 10.8 Å². The Morgan fingerprint density at radius 3 is 1.32 bits per heavy atom. The van der Waals surface area contributed by atoms with E-state index in [0.29, 0.717) is 0 Å². The van der Waals surface area contributed by atoms with Gasteiger partial charge in [-0.05, 0) is 113 Å². The molecule has 0 bridgehead atoms. The van der Waals surface area contributed by atoms with E-state index in [1.165, 1.54) is 107 Å². The molecule has 0 atom stereocenters. The van der Waals surface area contributed by atoms with Gasteiger partial charge in [0.05, 0.1) is 15.5 Å². The molecule has 2 aliphatic carbocycles. The van der Waals surface area contributed by atoms with Crippen molar-refractivity contribution in [3.05, 3.63) is 212 Å². The molecule has 6 aromatic carbocycles. The summed E-state index contributed by atoms with van der Waals surface area (Å²) in [5, 5.41) is 3.63. The summed E-state index contributed by atoms with van der Waals surface area (Å²) >= 11 is 5.84. The predicted octanol–water partition coefficient (Wildman–Crippen LogP) is 14.1. The lowest BCUT2D eigenvalue weighted by molar-refractivity contribution is 0.766. The van der Waals surface area contributed by atoms with E-state index in [1.807, 2.05) is 34.0 Å². The Labute approximate surface area is 322 Å². The molecular formula is C50H36S3. The molecule has 3 aromatic heterocycles. The van der Waals surface area contributed by atoms with E-state index < -0.39 is 10.8 Å². The third-order valence-electron chi connectivity index (χ3n) is 12.0. The molecule has 0 fully saturated rings. The SMILES string of the molecule is Cc1ccc(C2(c3ccc(C)cc3)c3cc4c(cc3-c3sc5ccccc5c32)C(c2ccc(C)cc2)(c2ccc(C)cc2)c2c-4sc3ccsc23)cc1. The van der Waals surface area contributed by atoms with Crippen molar-refractivity contribution in [1.29, 1.82) is 0 Å². The van der Waals surface area contributed by atoms with Gasteiger partial charge >= 0.3 is 0 Å². The fraction of sp³-hybridized carbons (Fsp3) is 0.120. The minimum Gasteiger partial charge on any atom is -0.143 e. The summed E-state index contributed by atoms with van der Waals surface area (Å²) < 4.78 is 4.13. The lowest BCUT2D eigenvalue weighted by Gasteiger charge is -2.36. The molecule has 0 unspecified atom stereocenters. The Morgan fingerprint density at radius 2 is 0.830 bits per heavy atom. The summed E-state index contributed by atoms with van der Waals surface area (Å²) in [7, 11) is 0. The van der Waals surface area contributed by atoms with E-state index >= 15 is 0 Å². The van der Waals surface area contributed by atoms with Gasteiger partial charge in [0, 0.05) is 24.7 Å². The molecule has 3 heterocycles. The molecule has 0 amide bonds. The van der Waals surface area contributed by atoms with Crippen molar-refractivity contribution in [2.24, 2.45) is 0 Å². The molecule has 254 valence electrons. The molecule has 11 rings (SSSR count). The van der Waals surface area contributed by atoms with Crippen molar-refractivity contribution < 1.29 is 0 Å². The van der Waals surface area contributed by atoms with Crippen LogP contribution >= 0.6 is 34.0 Å². The fourth-order valence-electron chi connectivity index (χ4n) is 9.57. The molecule has 0 saturated carbocycles. The van der Waals surface area contributed by atoms with E-state index in [4.69, 9.17) is 0 Å². The second kappa shape index (κ2) is 11.2. The van der Waals surface area contributed by atoms with Gasteiger partial charge in [-0.3, -0.25) is 0 Å². The van der Waals surface area contributed by atoms with Crippen molar-refractivity contribution in [3.8, 4) is 20.9 Å². The van der Waals surface area contributed by atoms with Gasteiger partial charge < -0.3 is 0 Å². The van der Waals surface area contributed by atoms with Crippen LogP contribution in [0.5, 0.6) is 0 Å². The van der Waals surface area contributed by atoms with Gasteiger partial charge in [-0.1, -0.05) is 138 Å². The summed E-state index contributed by atoms with van der Waals surface area (Å²) in [5.74, 6) is 0. The summed E-state index contributed by atoms with van der Waals surface area (Å²) in [4.78, 5) is 2.80. The third-order valence-corrected chi connectivity index (χ3v) is 15.5. The smallest absolute Gasteiger partial charge is 0.0736 e. The molecule has 2 aliphatic rings. The van der Waals surface area contributed by atoms with Gasteiger partial charge in [0.2, 0.25) is 0 Å². The van der Waals surface area contributed by atoms with Gasteiger partial charge in [-0.2, -0.15) is 0 Å². The Balaban J connectivity index is 1.34. The van der Waals surface area contributed by atoms with Crippen LogP contribution in [0.2, 0.25) is 0 Å². The molecular weight excluding hydrogens is 697 g/mol. The van der Waals surface area contributed by atoms with Crippen molar-refractivity contribution in [1.82, 2.24) is 0 Å². The average Bonchev–Trinajstić information content (AvgIpc) is 3.97. The summed E-state index contributed by atoms with van der Waals surface area (Å²) in [6.07, 6.45) is 0. The minimum absolute atomic E-state index is 0.458. The Morgan fingerprint density at radius 1 is 0.415 bits per heavy atom. The average molecular weight is 733 g/mol. The van der Waals surface area contributed by atoms with Gasteiger partial charge in [0.25, 0.3) is 0 Å². The topological polar surface area (TPSA) is 0 Å². The number of thiophene rings is 3. The number of hydrogen-bond donors (Lipinski definition) is 0. The Hall–Kier alpha value is -5.06. The minimum atomic E-state index is -0.478. The van der Waals surface area contributed by atoms with Crippen LogP contribution in [0, 0.1) is 27.7 Å². The van der Waals surface area contributed by atoms with Crippen molar-refractivity contribution in [3.63, 3.8) is 0 Å². The zero-order valence-corrected chi connectivity index (χ0v) is 32.5. The fourth-order valence-corrected chi connectivity index (χ4v) is 13.4. The van der Waals surface area contributed by atoms with Gasteiger partial charge in [0.15, 0.2) is 0 Å². The first-order valence-corrected chi connectivity index (χ1v) is 20.9. The van der Waals surface area contributed by atoms with Crippen molar-refractivity contribution >= 4 is 53.5 Å². The summed E-state index contributed by atoms with van der Waals surface area (Å²) in [6, 6.07) is 54.3. The quantitative estimate of drug-likeness (QED) is 0.169. The highest BCUT2D eigenvalue weighted by molar-refractivity contribution is 7.29. The molecule has 0 radical (unpaired) electrons. The molecule has 53 heavy (non-hydrogen) atoms. The monoisotopic (exact) mass is 732 g/mol. The standard InChI is InChI=1S/C50H36S3/c1-29-9-17-33(18-10-29)49(34-19-11-30(2)12-20-34)40-28-39-41(27-38(40)46-44(49)37-7-5-6-8-42(37)52-46)50(35-21-13-31(3)14-22-35,36-23-15-32(4)16-24-36)45-47(39)53-43-25-26-51-48(43)45/h5-28H,1-4H3. The van der Waals surface area contributed by atoms with Crippen LogP contribution in [0.3, 0.4) is 0 Å². The first-order chi connectivity index (χ1) is 25.9. The van der Waals surface area contributed by atoms with E-state index in [0.717, 1.165) is 0 Å². The van der Waals surface area contributed by atoms with E-state index in [9.17, 15) is 0 Å². The van der Waals surface area contributed by atoms with Gasteiger partial charge in [-0.15, -0.1) is 34.0 Å². The Kier molecular flexibility index (Phi) is 6.66. The maximum absolute atomic E-state index is 2.63. The first kappa shape index (κ1) is 31.5. The van der Waals surface area contributed by atoms with Crippen LogP contribution in [0.4, 0.5) is 0 Å². The van der Waals surface area contributed by atoms with E-state index in [2.05, 4.69) is 173 Å². The van der Waals surface area contributed by atoms with E-state index in [-0.39, 0.29) is 0 Å². The summed E-state index contributed by atoms with van der Waals surface area (Å²) in [5.41, 5.74) is 17.9. The van der Waals surface area contributed by atoms with Crippen LogP contribution in [-0.4, -0.2) is 0 Å². The van der Waals surface area contributed by atoms with Crippen LogP contribution in [0.25, 0.3) is 40.4 Å². The normalized spacial score (nSPS) is 14.7. The lowest BCUT2D eigenvalue weighted by Crippen LogP contribution is -2.30. The van der Waals surface area contributed by atoms with Gasteiger partial charge in [0.1, 0.15) is 0 Å². The molecule has 9 aromatic rings. The van der Waals surface area contributed by atoms with Crippen LogP contribution in [0.15, 0.2) is 145 Å². The number of aryl methyl sites for hydroxylation is 4. The zero-order chi connectivity index (χ0) is 35.6. The maximum Gasteiger partial charge on any atom is 0.0736 e. The number of rotatable bonds is 4. The Bertz CT molecular complexity index is 2800. The number of hydrogen-bond acceptors (Lipinski definition) is 3. The first-order valence-electron chi connectivity index (χ1n) is 18.4. The van der Waals surface area contributed by atoms with Crippen LogP contribution < -0.4 is 0 Å². The molecule has 0 N–H and O–H groups in total. The number of fused-ring (bicyclic) bond motifs is 10. The summed E-state index contributed by atoms with van der Waals surface area (Å²) in [6.45, 7) is 8.79. The van der Waals surface area contributed by atoms with Crippen molar-refractivity contribution in [2.75, 3.05) is 0 Å². The maximum atomic E-state index is 2.63. The second-order valence-corrected chi connectivity index (χ2v) is 18.2. The van der Waals surface area contributed by atoms with Crippen molar-refractivity contribution in [2.45, 2.75) is 38.5 Å². The molecule has 0 aliphatic heterocycles. The highest BCUT2D eigenvalue weighted by Gasteiger charge is 2.53. The molecule has 0 spiro atoms. The van der Waals surface area contributed by atoms with E-state index in [1.54, 1.807) is 0 Å². The largest absolute Gasteiger partial charge is 0.143 e. The number of benzene rings is 6. The van der Waals surface area contributed by atoms with Gasteiger partial charge in [-0.25, -0.2) is 0 Å². The zero-order valence-electron chi connectivity index (χ0n) is 30.1. The second-order valence-electron chi connectivity index (χ2n) is 15.1. The lowest BCUT2D eigenvalue weighted by atomic mass is 9.65. The predicted molar refractivity (Wildman–Crippen MR) is 229 cm³/mol. The highest BCUT2D eigenvalue weighted by atomic mass is 32.1. The third kappa shape index (κ3) is 4.11. The molecule has 0 nitrogen and oxygen atoms in total. The molecule has 0 saturated heterocycles. The van der Waals surface area contributed by atoms with Crippen LogP contribution in [0.1, 0.15) is 66.8 Å². The molecule has 3 heteroatoms.